The van der Waals surface area contributed by atoms with Gasteiger partial charge in [-0.15, -0.1) is 0 Å². The van der Waals surface area contributed by atoms with Gasteiger partial charge in [0.2, 0.25) is 11.8 Å². The first-order valence-electron chi connectivity index (χ1n) is 5.72. The number of carbonyl (C=O) groups is 2. The Balaban J connectivity index is 2.22. The molecule has 1 heterocycles. The minimum absolute atomic E-state index is 0.0707. The average molecular weight is 212 g/mol. The molecule has 0 saturated carbocycles. The molecule has 86 valence electrons. The summed E-state index contributed by atoms with van der Waals surface area (Å²) in [6, 6.07) is 0. The fraction of sp³-hybridized carbons (Fsp3) is 0.818. The molecule has 1 rings (SSSR count). The largest absolute Gasteiger partial charge is 0.356 e. The van der Waals surface area contributed by atoms with Crippen molar-refractivity contribution in [2.24, 2.45) is 0 Å². The molecule has 4 heteroatoms. The van der Waals surface area contributed by atoms with E-state index in [0.717, 1.165) is 25.9 Å². The van der Waals surface area contributed by atoms with E-state index in [1.807, 2.05) is 4.90 Å². The number of carbonyl (C=O) groups excluding carboxylic acids is 2. The minimum Gasteiger partial charge on any atom is -0.356 e. The first-order valence-corrected chi connectivity index (χ1v) is 5.72. The number of rotatable bonds is 3. The molecule has 0 aromatic carbocycles. The summed E-state index contributed by atoms with van der Waals surface area (Å²) in [5.41, 5.74) is 0. The summed E-state index contributed by atoms with van der Waals surface area (Å²) in [7, 11) is 0. The van der Waals surface area contributed by atoms with Crippen LogP contribution in [0.1, 0.15) is 39.0 Å². The summed E-state index contributed by atoms with van der Waals surface area (Å²) < 4.78 is 0. The van der Waals surface area contributed by atoms with Gasteiger partial charge in [-0.25, -0.2) is 0 Å². The van der Waals surface area contributed by atoms with Crippen LogP contribution in [0.5, 0.6) is 0 Å². The third-order valence-electron chi connectivity index (χ3n) is 2.67. The molecule has 0 bridgehead atoms. The highest BCUT2D eigenvalue weighted by Crippen LogP contribution is 2.10. The minimum atomic E-state index is -0.0707. The van der Waals surface area contributed by atoms with E-state index in [1.165, 1.54) is 19.8 Å². The molecule has 4 nitrogen and oxygen atoms in total. The maximum atomic E-state index is 11.7. The molecule has 1 aliphatic heterocycles. The lowest BCUT2D eigenvalue weighted by Gasteiger charge is -2.20. The molecule has 0 unspecified atom stereocenters. The Morgan fingerprint density at radius 1 is 1.13 bits per heavy atom. The van der Waals surface area contributed by atoms with Crippen LogP contribution in [0.25, 0.3) is 0 Å². The molecule has 0 aromatic heterocycles. The molecular weight excluding hydrogens is 192 g/mol. The molecule has 0 atom stereocenters. The Morgan fingerprint density at radius 2 is 1.73 bits per heavy atom. The first kappa shape index (κ1) is 12.0. The average Bonchev–Trinajstić information content (AvgIpc) is 2.44. The van der Waals surface area contributed by atoms with Crippen LogP contribution in [0.3, 0.4) is 0 Å². The van der Waals surface area contributed by atoms with Crippen molar-refractivity contribution in [1.82, 2.24) is 10.2 Å². The van der Waals surface area contributed by atoms with Crippen LogP contribution >= 0.6 is 0 Å². The monoisotopic (exact) mass is 212 g/mol. The molecule has 0 radical (unpaired) electrons. The van der Waals surface area contributed by atoms with E-state index >= 15 is 0 Å². The maximum absolute atomic E-state index is 11.7. The zero-order valence-electron chi connectivity index (χ0n) is 9.42. The van der Waals surface area contributed by atoms with E-state index in [1.54, 1.807) is 0 Å². The van der Waals surface area contributed by atoms with Gasteiger partial charge in [0, 0.05) is 33.0 Å². The second-order valence-corrected chi connectivity index (χ2v) is 4.03. The van der Waals surface area contributed by atoms with Gasteiger partial charge in [0.25, 0.3) is 0 Å². The molecule has 0 aliphatic carbocycles. The Hall–Kier alpha value is -1.06. The van der Waals surface area contributed by atoms with Gasteiger partial charge < -0.3 is 10.2 Å². The smallest absolute Gasteiger partial charge is 0.224 e. The van der Waals surface area contributed by atoms with Crippen LogP contribution < -0.4 is 5.32 Å². The normalized spacial score (nSPS) is 17.0. The van der Waals surface area contributed by atoms with Crippen LogP contribution in [0.2, 0.25) is 0 Å². The molecule has 1 aliphatic rings. The SMILES string of the molecule is CC(=O)NCCC(=O)N1CCCCCC1. The molecular formula is C11H20N2O2. The summed E-state index contributed by atoms with van der Waals surface area (Å²) in [4.78, 5) is 24.3. The van der Waals surface area contributed by atoms with Gasteiger partial charge in [-0.05, 0) is 12.8 Å². The van der Waals surface area contributed by atoms with Crippen LogP contribution in [0, 0.1) is 0 Å². The quantitative estimate of drug-likeness (QED) is 0.756. The molecule has 0 spiro atoms. The summed E-state index contributed by atoms with van der Waals surface area (Å²) in [5.74, 6) is 0.101. The van der Waals surface area contributed by atoms with Crippen LogP contribution in [-0.2, 0) is 9.59 Å². The van der Waals surface area contributed by atoms with Crippen LogP contribution in [0.15, 0.2) is 0 Å². The molecule has 2 amide bonds. The van der Waals surface area contributed by atoms with Gasteiger partial charge in [0.05, 0.1) is 0 Å². The first-order chi connectivity index (χ1) is 7.20. The topological polar surface area (TPSA) is 49.4 Å². The van der Waals surface area contributed by atoms with Gasteiger partial charge in [0.15, 0.2) is 0 Å². The zero-order valence-corrected chi connectivity index (χ0v) is 9.42. The number of hydrogen-bond donors (Lipinski definition) is 1. The Morgan fingerprint density at radius 3 is 2.27 bits per heavy atom. The lowest BCUT2D eigenvalue weighted by atomic mass is 10.2. The number of amides is 2. The lowest BCUT2D eigenvalue weighted by molar-refractivity contribution is -0.131. The van der Waals surface area contributed by atoms with Crippen molar-refractivity contribution in [3.05, 3.63) is 0 Å². The van der Waals surface area contributed by atoms with E-state index in [4.69, 9.17) is 0 Å². The van der Waals surface area contributed by atoms with Gasteiger partial charge in [0.1, 0.15) is 0 Å². The zero-order chi connectivity index (χ0) is 11.1. The van der Waals surface area contributed by atoms with E-state index in [-0.39, 0.29) is 11.8 Å². The predicted octanol–water partition coefficient (Wildman–Crippen LogP) is 0.915. The fourth-order valence-electron chi connectivity index (χ4n) is 1.82. The lowest BCUT2D eigenvalue weighted by Crippen LogP contribution is -2.34. The van der Waals surface area contributed by atoms with Crippen molar-refractivity contribution >= 4 is 11.8 Å². The predicted molar refractivity (Wildman–Crippen MR) is 58.3 cm³/mol. The Bertz CT molecular complexity index is 221. The van der Waals surface area contributed by atoms with Crippen molar-refractivity contribution in [2.45, 2.75) is 39.0 Å². The number of hydrogen-bond acceptors (Lipinski definition) is 2. The van der Waals surface area contributed by atoms with Crippen molar-refractivity contribution < 1.29 is 9.59 Å². The van der Waals surface area contributed by atoms with Gasteiger partial charge >= 0.3 is 0 Å². The second-order valence-electron chi connectivity index (χ2n) is 4.03. The van der Waals surface area contributed by atoms with Gasteiger partial charge in [-0.2, -0.15) is 0 Å². The standard InChI is InChI=1S/C11H20N2O2/c1-10(14)12-7-6-11(15)13-8-4-2-3-5-9-13/h2-9H2,1H3,(H,12,14). The highest BCUT2D eigenvalue weighted by Gasteiger charge is 2.14. The molecule has 1 saturated heterocycles. The summed E-state index contributed by atoms with van der Waals surface area (Å²) in [6.07, 6.45) is 5.13. The maximum Gasteiger partial charge on any atom is 0.224 e. The van der Waals surface area contributed by atoms with Crippen molar-refractivity contribution in [3.63, 3.8) is 0 Å². The number of likely N-dealkylation sites (tertiary alicyclic amines) is 1. The fourth-order valence-corrected chi connectivity index (χ4v) is 1.82. The highest BCUT2D eigenvalue weighted by atomic mass is 16.2. The Kier molecular flexibility index (Phi) is 5.15. The van der Waals surface area contributed by atoms with E-state index < -0.39 is 0 Å². The summed E-state index contributed by atoms with van der Waals surface area (Å²) in [5, 5.41) is 2.64. The van der Waals surface area contributed by atoms with Crippen LogP contribution in [-0.4, -0.2) is 36.3 Å². The van der Waals surface area contributed by atoms with E-state index in [2.05, 4.69) is 5.32 Å². The van der Waals surface area contributed by atoms with Crippen LogP contribution in [0.4, 0.5) is 0 Å². The third kappa shape index (κ3) is 4.81. The highest BCUT2D eigenvalue weighted by molar-refractivity contribution is 5.78. The number of nitrogens with one attached hydrogen (secondary N) is 1. The van der Waals surface area contributed by atoms with E-state index in [0.29, 0.717) is 13.0 Å². The van der Waals surface area contributed by atoms with Gasteiger partial charge in [-0.3, -0.25) is 9.59 Å². The second kappa shape index (κ2) is 6.43. The molecule has 15 heavy (non-hydrogen) atoms. The van der Waals surface area contributed by atoms with Crippen molar-refractivity contribution in [1.29, 1.82) is 0 Å². The Labute approximate surface area is 91.0 Å². The molecule has 1 fully saturated rings. The number of nitrogens with zero attached hydrogens (tertiary/aromatic N) is 1. The molecule has 0 aromatic rings. The summed E-state index contributed by atoms with van der Waals surface area (Å²) >= 11 is 0. The molecule has 1 N–H and O–H groups in total. The van der Waals surface area contributed by atoms with Crippen molar-refractivity contribution in [2.75, 3.05) is 19.6 Å². The van der Waals surface area contributed by atoms with Crippen molar-refractivity contribution in [3.8, 4) is 0 Å². The summed E-state index contributed by atoms with van der Waals surface area (Å²) in [6.45, 7) is 3.71. The van der Waals surface area contributed by atoms with Gasteiger partial charge in [-0.1, -0.05) is 12.8 Å². The third-order valence-corrected chi connectivity index (χ3v) is 2.67. The van der Waals surface area contributed by atoms with E-state index in [9.17, 15) is 9.59 Å².